The van der Waals surface area contributed by atoms with Gasteiger partial charge in [0.05, 0.1) is 28.4 Å². The molecule has 0 fully saturated rings. The third-order valence-electron chi connectivity index (χ3n) is 5.58. The number of nitrogens with one attached hydrogen (secondary N) is 3. The van der Waals surface area contributed by atoms with Crippen molar-refractivity contribution in [1.29, 1.82) is 0 Å². The van der Waals surface area contributed by atoms with Gasteiger partial charge in [-0.3, -0.25) is 9.59 Å². The van der Waals surface area contributed by atoms with Crippen molar-refractivity contribution >= 4 is 35.1 Å². The minimum atomic E-state index is -1.08. The van der Waals surface area contributed by atoms with Crippen molar-refractivity contribution in [1.82, 2.24) is 20.6 Å². The zero-order chi connectivity index (χ0) is 27.5. The Bertz CT molecular complexity index is 1230. The standard InChI is InChI=1S/C27H33N5O5S/c1-4-13-37-26(36)21(16-29-24(34)22-11-7-14-38-22)32-25(35)23-17(2)30-27(31-18(23)3)28-12-6-9-19-8-5-10-20(33)15-19/h5,7-8,10-11,14-15,21,33H,4,6,9,12-13,16H2,1-3H3,(H,29,34)(H,32,35)(H,28,30,31)/t21-/m0/s1. The number of phenols is 1. The summed E-state index contributed by atoms with van der Waals surface area (Å²) in [4.78, 5) is 47.5. The second-order valence-corrected chi connectivity index (χ2v) is 9.62. The summed E-state index contributed by atoms with van der Waals surface area (Å²) in [5.41, 5.74) is 2.20. The summed E-state index contributed by atoms with van der Waals surface area (Å²) in [6.45, 7) is 5.95. The molecule has 2 amide bonds. The van der Waals surface area contributed by atoms with Crippen LogP contribution < -0.4 is 16.0 Å². The second kappa shape index (κ2) is 14.1. The average Bonchev–Trinajstić information content (AvgIpc) is 3.42. The fraction of sp³-hybridized carbons (Fsp3) is 0.370. The van der Waals surface area contributed by atoms with Crippen molar-refractivity contribution in [2.75, 3.05) is 25.0 Å². The lowest BCUT2D eigenvalue weighted by Crippen LogP contribution is -2.49. The number of thiophene rings is 1. The molecule has 202 valence electrons. The molecule has 3 rings (SSSR count). The number of aryl methyl sites for hydroxylation is 3. The molecule has 0 aliphatic carbocycles. The van der Waals surface area contributed by atoms with Gasteiger partial charge in [-0.05, 0) is 62.3 Å². The Morgan fingerprint density at radius 1 is 1.08 bits per heavy atom. The van der Waals surface area contributed by atoms with Gasteiger partial charge in [-0.1, -0.05) is 25.1 Å². The first-order chi connectivity index (χ1) is 18.3. The number of phenolic OH excluding ortho intramolecular Hbond substituents is 1. The molecule has 0 radical (unpaired) electrons. The van der Waals surface area contributed by atoms with Crippen LogP contribution in [0.3, 0.4) is 0 Å². The molecular formula is C27H33N5O5S. The van der Waals surface area contributed by atoms with Crippen LogP contribution in [0.1, 0.15) is 56.7 Å². The Labute approximate surface area is 225 Å². The summed E-state index contributed by atoms with van der Waals surface area (Å²) in [5.74, 6) is -0.857. The molecular weight excluding hydrogens is 506 g/mol. The molecule has 0 saturated carbocycles. The van der Waals surface area contributed by atoms with E-state index in [2.05, 4.69) is 25.9 Å². The molecule has 38 heavy (non-hydrogen) atoms. The Hall–Kier alpha value is -3.99. The van der Waals surface area contributed by atoms with Crippen molar-refractivity contribution in [3.05, 3.63) is 69.2 Å². The predicted octanol–water partition coefficient (Wildman–Crippen LogP) is 3.39. The number of aromatic nitrogens is 2. The molecule has 11 heteroatoms. The van der Waals surface area contributed by atoms with Crippen molar-refractivity contribution in [3.8, 4) is 5.75 Å². The van der Waals surface area contributed by atoms with E-state index < -0.39 is 17.9 Å². The molecule has 1 atom stereocenters. The lowest BCUT2D eigenvalue weighted by Gasteiger charge is -2.19. The number of benzene rings is 1. The highest BCUT2D eigenvalue weighted by Crippen LogP contribution is 2.15. The van der Waals surface area contributed by atoms with Crippen molar-refractivity contribution in [2.24, 2.45) is 0 Å². The Morgan fingerprint density at radius 2 is 1.84 bits per heavy atom. The third kappa shape index (κ3) is 8.27. The fourth-order valence-electron chi connectivity index (χ4n) is 3.75. The molecule has 0 aliphatic rings. The minimum absolute atomic E-state index is 0.122. The van der Waals surface area contributed by atoms with Gasteiger partial charge in [-0.15, -0.1) is 11.3 Å². The quantitative estimate of drug-likeness (QED) is 0.191. The number of rotatable bonds is 13. The maximum atomic E-state index is 13.2. The first-order valence-electron chi connectivity index (χ1n) is 12.4. The highest BCUT2D eigenvalue weighted by molar-refractivity contribution is 7.12. The van der Waals surface area contributed by atoms with Crippen LogP contribution in [0.5, 0.6) is 5.75 Å². The van der Waals surface area contributed by atoms with Crippen LogP contribution in [0.15, 0.2) is 41.8 Å². The number of hydrogen-bond donors (Lipinski definition) is 4. The molecule has 0 saturated heterocycles. The minimum Gasteiger partial charge on any atom is -0.508 e. The number of ether oxygens (including phenoxy) is 1. The van der Waals surface area contributed by atoms with E-state index in [1.165, 1.54) is 11.3 Å². The Balaban J connectivity index is 1.62. The molecule has 0 spiro atoms. The van der Waals surface area contributed by atoms with E-state index in [1.807, 2.05) is 19.1 Å². The summed E-state index contributed by atoms with van der Waals surface area (Å²) in [6, 6.07) is 9.49. The summed E-state index contributed by atoms with van der Waals surface area (Å²) < 4.78 is 5.23. The van der Waals surface area contributed by atoms with Crippen LogP contribution in [0.2, 0.25) is 0 Å². The van der Waals surface area contributed by atoms with Crippen molar-refractivity contribution in [3.63, 3.8) is 0 Å². The summed E-state index contributed by atoms with van der Waals surface area (Å²) in [6.07, 6.45) is 2.20. The number of aromatic hydroxyl groups is 1. The molecule has 0 bridgehead atoms. The van der Waals surface area contributed by atoms with Crippen LogP contribution in [-0.2, 0) is 16.0 Å². The van der Waals surface area contributed by atoms with Gasteiger partial charge in [0.15, 0.2) is 0 Å². The number of carbonyl (C=O) groups is 3. The fourth-order valence-corrected chi connectivity index (χ4v) is 4.39. The topological polar surface area (TPSA) is 143 Å². The number of esters is 1. The normalized spacial score (nSPS) is 11.4. The number of hydrogen-bond acceptors (Lipinski definition) is 9. The van der Waals surface area contributed by atoms with Gasteiger partial charge in [0, 0.05) is 13.1 Å². The molecule has 0 aliphatic heterocycles. The van der Waals surface area contributed by atoms with Gasteiger partial charge in [-0.2, -0.15) is 0 Å². The van der Waals surface area contributed by atoms with Crippen LogP contribution in [-0.4, -0.2) is 58.6 Å². The second-order valence-electron chi connectivity index (χ2n) is 8.67. The zero-order valence-electron chi connectivity index (χ0n) is 21.7. The van der Waals surface area contributed by atoms with Crippen LogP contribution >= 0.6 is 11.3 Å². The number of nitrogens with zero attached hydrogens (tertiary/aromatic N) is 2. The molecule has 2 heterocycles. The third-order valence-corrected chi connectivity index (χ3v) is 6.45. The highest BCUT2D eigenvalue weighted by Gasteiger charge is 2.26. The average molecular weight is 540 g/mol. The van der Waals surface area contributed by atoms with E-state index in [0.717, 1.165) is 18.4 Å². The largest absolute Gasteiger partial charge is 0.508 e. The Morgan fingerprint density at radius 3 is 2.50 bits per heavy atom. The Kier molecular flexibility index (Phi) is 10.6. The van der Waals surface area contributed by atoms with E-state index in [0.29, 0.717) is 35.2 Å². The lowest BCUT2D eigenvalue weighted by atomic mass is 10.1. The van der Waals surface area contributed by atoms with Gasteiger partial charge in [0.25, 0.3) is 11.8 Å². The lowest BCUT2D eigenvalue weighted by molar-refractivity contribution is -0.145. The zero-order valence-corrected chi connectivity index (χ0v) is 22.6. The van der Waals surface area contributed by atoms with E-state index in [9.17, 15) is 19.5 Å². The van der Waals surface area contributed by atoms with E-state index in [4.69, 9.17) is 4.74 Å². The SMILES string of the molecule is CCCOC(=O)[C@H](CNC(=O)c1cccs1)NC(=O)c1c(C)nc(NCCCc2cccc(O)c2)nc1C. The molecule has 2 aromatic heterocycles. The van der Waals surface area contributed by atoms with Gasteiger partial charge in [0.1, 0.15) is 11.8 Å². The van der Waals surface area contributed by atoms with E-state index in [1.54, 1.807) is 43.5 Å². The highest BCUT2D eigenvalue weighted by atomic mass is 32.1. The summed E-state index contributed by atoms with van der Waals surface area (Å²) >= 11 is 1.28. The van der Waals surface area contributed by atoms with Gasteiger partial charge >= 0.3 is 5.97 Å². The molecule has 1 aromatic carbocycles. The van der Waals surface area contributed by atoms with Crippen LogP contribution in [0.4, 0.5) is 5.95 Å². The molecule has 4 N–H and O–H groups in total. The monoisotopic (exact) mass is 539 g/mol. The number of carbonyl (C=O) groups excluding carboxylic acids is 3. The van der Waals surface area contributed by atoms with Gasteiger partial charge in [0.2, 0.25) is 5.95 Å². The number of amides is 2. The maximum Gasteiger partial charge on any atom is 0.330 e. The van der Waals surface area contributed by atoms with Crippen molar-refractivity contribution < 1.29 is 24.2 Å². The molecule has 3 aromatic rings. The maximum absolute atomic E-state index is 13.2. The number of anilines is 1. The van der Waals surface area contributed by atoms with Crippen LogP contribution in [0.25, 0.3) is 0 Å². The van der Waals surface area contributed by atoms with Crippen LogP contribution in [0, 0.1) is 13.8 Å². The van der Waals surface area contributed by atoms with E-state index in [-0.39, 0.29) is 30.4 Å². The first kappa shape index (κ1) is 28.6. The van der Waals surface area contributed by atoms with E-state index >= 15 is 0 Å². The smallest absolute Gasteiger partial charge is 0.330 e. The summed E-state index contributed by atoms with van der Waals surface area (Å²) in [5, 5.41) is 19.9. The predicted molar refractivity (Wildman–Crippen MR) is 146 cm³/mol. The molecule has 10 nitrogen and oxygen atoms in total. The molecule has 0 unspecified atom stereocenters. The van der Waals surface area contributed by atoms with Crippen molar-refractivity contribution in [2.45, 2.75) is 46.1 Å². The first-order valence-corrected chi connectivity index (χ1v) is 13.3. The van der Waals surface area contributed by atoms with Gasteiger partial charge < -0.3 is 25.8 Å². The van der Waals surface area contributed by atoms with Gasteiger partial charge in [-0.25, -0.2) is 14.8 Å². The summed E-state index contributed by atoms with van der Waals surface area (Å²) in [7, 11) is 0.